The highest BCUT2D eigenvalue weighted by molar-refractivity contribution is 8.13. The van der Waals surface area contributed by atoms with Gasteiger partial charge in [0.1, 0.15) is 18.2 Å². The van der Waals surface area contributed by atoms with E-state index in [1.807, 2.05) is 30.3 Å². The lowest BCUT2D eigenvalue weighted by molar-refractivity contribution is -0.202. The standard InChI is InChI=1S/C26H39N6O9PS/c1-25(2,14-33)23(35)43-11-10-39-42(37,29-12-16-8-6-5-7-9-16)40-13-17-19(34)20(26(3,36)41-17)32-15-28-18-21(32)30-24(27)31-22(18)38-4/h5-9,15,17-21,33-34,36H,10-14H2,1-4H3,(H2,27,30)(H,29,37)/t17-,18?,19?,20?,21?,26?,42?/m1/s1. The lowest BCUT2D eigenvalue weighted by atomic mass is 9.97. The lowest BCUT2D eigenvalue weighted by Gasteiger charge is -2.37. The number of rotatable bonds is 13. The predicted octanol–water partition coefficient (Wildman–Crippen LogP) is 0.444. The molecule has 0 bridgehead atoms. The SMILES string of the molecule is COC1=NC(N)=NC2C1N=CN2C1C(O)[C@@H](COP(=O)(NCc2ccccc2)OCCSC(=O)C(C)(C)CO)OC1(C)O. The normalized spacial score (nSPS) is 30.0. The third-order valence-electron chi connectivity index (χ3n) is 7.12. The van der Waals surface area contributed by atoms with E-state index in [-0.39, 0.29) is 42.5 Å². The molecule has 15 nitrogen and oxygen atoms in total. The average Bonchev–Trinajstić information content (AvgIpc) is 3.48. The van der Waals surface area contributed by atoms with Gasteiger partial charge in [-0.2, -0.15) is 4.99 Å². The molecule has 3 aliphatic rings. The molecule has 0 radical (unpaired) electrons. The van der Waals surface area contributed by atoms with Crippen molar-refractivity contribution in [2.24, 2.45) is 26.1 Å². The molecule has 6 unspecified atom stereocenters. The minimum Gasteiger partial charge on any atom is -0.482 e. The number of ether oxygens (including phenoxy) is 2. The van der Waals surface area contributed by atoms with Gasteiger partial charge in [-0.15, -0.1) is 0 Å². The summed E-state index contributed by atoms with van der Waals surface area (Å²) in [6.07, 6.45) is -1.77. The Bertz CT molecular complexity index is 1280. The molecular weight excluding hydrogens is 603 g/mol. The van der Waals surface area contributed by atoms with Crippen LogP contribution in [0.2, 0.25) is 0 Å². The van der Waals surface area contributed by atoms with E-state index >= 15 is 0 Å². The molecule has 1 aromatic rings. The van der Waals surface area contributed by atoms with E-state index in [0.717, 1.165) is 17.3 Å². The Kier molecular flexibility index (Phi) is 10.7. The summed E-state index contributed by atoms with van der Waals surface area (Å²) in [4.78, 5) is 26.6. The number of guanidine groups is 1. The van der Waals surface area contributed by atoms with Gasteiger partial charge in [-0.3, -0.25) is 18.8 Å². The number of carbonyl (C=O) groups excluding carboxylic acids is 1. The number of fused-ring (bicyclic) bond motifs is 1. The molecule has 0 saturated carbocycles. The molecule has 0 aliphatic carbocycles. The molecule has 43 heavy (non-hydrogen) atoms. The van der Waals surface area contributed by atoms with Crippen molar-refractivity contribution in [3.05, 3.63) is 35.9 Å². The first-order chi connectivity index (χ1) is 20.3. The van der Waals surface area contributed by atoms with Crippen LogP contribution >= 0.6 is 19.5 Å². The van der Waals surface area contributed by atoms with Gasteiger partial charge < -0.3 is 35.4 Å². The van der Waals surface area contributed by atoms with Crippen LogP contribution in [-0.4, -0.2) is 112 Å². The topological polar surface area (TPSA) is 210 Å². The van der Waals surface area contributed by atoms with Crippen molar-refractivity contribution >= 4 is 42.8 Å². The number of carbonyl (C=O) groups is 1. The quantitative estimate of drug-likeness (QED) is 0.146. The summed E-state index contributed by atoms with van der Waals surface area (Å²) in [5, 5.41) is 34.5. The van der Waals surface area contributed by atoms with Crippen LogP contribution in [0.15, 0.2) is 45.3 Å². The number of nitrogens with one attached hydrogen (secondary N) is 1. The Balaban J connectivity index is 1.42. The van der Waals surface area contributed by atoms with Crippen LogP contribution in [0.4, 0.5) is 0 Å². The Labute approximate surface area is 254 Å². The van der Waals surface area contributed by atoms with E-state index in [0.29, 0.717) is 0 Å². The lowest BCUT2D eigenvalue weighted by Crippen LogP contribution is -2.57. The number of aliphatic hydroxyl groups excluding tert-OH is 2. The van der Waals surface area contributed by atoms with Gasteiger partial charge in [0, 0.05) is 12.3 Å². The summed E-state index contributed by atoms with van der Waals surface area (Å²) in [5.41, 5.74) is 5.74. The van der Waals surface area contributed by atoms with Crippen molar-refractivity contribution < 1.29 is 43.2 Å². The fourth-order valence-electron chi connectivity index (χ4n) is 4.72. The number of hydrogen-bond acceptors (Lipinski definition) is 15. The number of thioether (sulfide) groups is 1. The van der Waals surface area contributed by atoms with Gasteiger partial charge in [-0.1, -0.05) is 42.1 Å². The summed E-state index contributed by atoms with van der Waals surface area (Å²) < 4.78 is 36.2. The van der Waals surface area contributed by atoms with Crippen LogP contribution in [0.1, 0.15) is 26.3 Å². The monoisotopic (exact) mass is 642 g/mol. The minimum absolute atomic E-state index is 0.0381. The number of aliphatic hydroxyl groups is 3. The van der Waals surface area contributed by atoms with Crippen molar-refractivity contribution in [3.63, 3.8) is 0 Å². The Hall–Kier alpha value is -2.40. The van der Waals surface area contributed by atoms with Gasteiger partial charge in [-0.05, 0) is 26.3 Å². The molecule has 1 fully saturated rings. The molecule has 6 N–H and O–H groups in total. The van der Waals surface area contributed by atoms with Gasteiger partial charge in [0.05, 0.1) is 38.7 Å². The number of hydrogen-bond donors (Lipinski definition) is 5. The summed E-state index contributed by atoms with van der Waals surface area (Å²) >= 11 is 0.951. The van der Waals surface area contributed by atoms with Crippen LogP contribution in [0, 0.1) is 5.41 Å². The summed E-state index contributed by atoms with van der Waals surface area (Å²) in [6.45, 7) is 3.96. The molecule has 1 saturated heterocycles. The van der Waals surface area contributed by atoms with E-state index in [1.165, 1.54) is 25.3 Å². The molecule has 238 valence electrons. The first-order valence-electron chi connectivity index (χ1n) is 13.6. The number of nitrogens with zero attached hydrogens (tertiary/aromatic N) is 4. The zero-order valence-electron chi connectivity index (χ0n) is 24.4. The highest BCUT2D eigenvalue weighted by Gasteiger charge is 2.57. The van der Waals surface area contributed by atoms with Crippen molar-refractivity contribution in [1.29, 1.82) is 0 Å². The molecule has 0 aromatic heterocycles. The molecule has 3 heterocycles. The van der Waals surface area contributed by atoms with Crippen molar-refractivity contribution in [2.45, 2.75) is 63.6 Å². The Morgan fingerprint density at radius 1 is 1.30 bits per heavy atom. The van der Waals surface area contributed by atoms with Gasteiger partial charge in [-0.25, -0.2) is 14.6 Å². The fourth-order valence-corrected chi connectivity index (χ4v) is 6.96. The number of benzene rings is 1. The van der Waals surface area contributed by atoms with E-state index in [1.54, 1.807) is 13.8 Å². The van der Waals surface area contributed by atoms with Crippen LogP contribution in [0.3, 0.4) is 0 Å². The largest absolute Gasteiger partial charge is 0.482 e. The highest BCUT2D eigenvalue weighted by atomic mass is 32.2. The fraction of sp³-hybridized carbons (Fsp3) is 0.615. The van der Waals surface area contributed by atoms with Crippen molar-refractivity contribution in [2.75, 3.05) is 32.7 Å². The van der Waals surface area contributed by atoms with Gasteiger partial charge in [0.15, 0.2) is 23.1 Å². The summed E-state index contributed by atoms with van der Waals surface area (Å²) in [7, 11) is -2.58. The number of nitrogens with two attached hydrogens (primary N) is 1. The second-order valence-electron chi connectivity index (χ2n) is 11.0. The maximum atomic E-state index is 13.8. The van der Waals surface area contributed by atoms with Crippen LogP contribution in [0.5, 0.6) is 0 Å². The molecule has 7 atom stereocenters. The molecule has 3 aliphatic heterocycles. The van der Waals surface area contributed by atoms with E-state index in [2.05, 4.69) is 20.1 Å². The Morgan fingerprint density at radius 2 is 2.02 bits per heavy atom. The molecule has 4 rings (SSSR count). The van der Waals surface area contributed by atoms with Crippen molar-refractivity contribution in [3.8, 4) is 0 Å². The first-order valence-corrected chi connectivity index (χ1v) is 16.1. The van der Waals surface area contributed by atoms with E-state index in [9.17, 15) is 24.7 Å². The summed E-state index contributed by atoms with van der Waals surface area (Å²) in [6, 6.07) is 7.50. The zero-order valence-corrected chi connectivity index (χ0v) is 26.1. The second kappa shape index (κ2) is 13.7. The zero-order chi connectivity index (χ0) is 31.4. The van der Waals surface area contributed by atoms with Gasteiger partial charge >= 0.3 is 7.75 Å². The molecule has 0 amide bonds. The van der Waals surface area contributed by atoms with E-state index < -0.39 is 56.0 Å². The third-order valence-corrected chi connectivity index (χ3v) is 9.86. The van der Waals surface area contributed by atoms with Crippen molar-refractivity contribution in [1.82, 2.24) is 9.99 Å². The smallest absolute Gasteiger partial charge is 0.405 e. The molecule has 17 heteroatoms. The Morgan fingerprint density at radius 3 is 2.70 bits per heavy atom. The van der Waals surface area contributed by atoms with Crippen LogP contribution in [-0.2, 0) is 34.4 Å². The maximum Gasteiger partial charge on any atom is 0.405 e. The molecular formula is C26H39N6O9PS. The molecule has 0 spiro atoms. The average molecular weight is 643 g/mol. The maximum absolute atomic E-state index is 13.8. The summed E-state index contributed by atoms with van der Waals surface area (Å²) in [5.74, 6) is -1.52. The third kappa shape index (κ3) is 7.82. The van der Waals surface area contributed by atoms with Crippen LogP contribution in [0.25, 0.3) is 0 Å². The predicted molar refractivity (Wildman–Crippen MR) is 160 cm³/mol. The number of methoxy groups -OCH3 is 1. The van der Waals surface area contributed by atoms with Gasteiger partial charge in [0.25, 0.3) is 0 Å². The van der Waals surface area contributed by atoms with E-state index in [4.69, 9.17) is 24.3 Å². The minimum atomic E-state index is -4.01. The first kappa shape index (κ1) is 33.5. The van der Waals surface area contributed by atoms with Crippen LogP contribution < -0.4 is 10.8 Å². The second-order valence-corrected chi connectivity index (χ2v) is 13.9. The highest BCUT2D eigenvalue weighted by Crippen LogP contribution is 2.46. The molecule has 1 aromatic carbocycles. The van der Waals surface area contributed by atoms with Gasteiger partial charge in [0.2, 0.25) is 11.9 Å². The number of aliphatic imine (C=N–C) groups is 3.